The van der Waals surface area contributed by atoms with Gasteiger partial charge in [-0.3, -0.25) is 9.59 Å². The molecule has 1 heterocycles. The minimum Gasteiger partial charge on any atom is -0.469 e. The van der Waals surface area contributed by atoms with Crippen molar-refractivity contribution in [2.75, 3.05) is 12.4 Å². The van der Waals surface area contributed by atoms with Crippen molar-refractivity contribution in [2.45, 2.75) is 32.6 Å². The van der Waals surface area contributed by atoms with Crippen LogP contribution in [-0.2, 0) is 14.3 Å². The maximum atomic E-state index is 12.1. The third-order valence-corrected chi connectivity index (χ3v) is 3.80. The molecular weight excluding hydrogens is 256 g/mol. The molecule has 5 nitrogen and oxygen atoms in total. The van der Waals surface area contributed by atoms with Crippen LogP contribution in [0.25, 0.3) is 0 Å². The maximum absolute atomic E-state index is 12.1. The highest BCUT2D eigenvalue weighted by Crippen LogP contribution is 2.30. The SMILES string of the molecule is COC(=O)C1CCC(C(=O)Nc2ccc(C)cn2)CC1. The minimum atomic E-state index is -0.163. The monoisotopic (exact) mass is 276 g/mol. The van der Waals surface area contributed by atoms with Crippen LogP contribution in [0.1, 0.15) is 31.2 Å². The van der Waals surface area contributed by atoms with Crippen LogP contribution in [0.2, 0.25) is 0 Å². The molecule has 1 aromatic rings. The third kappa shape index (κ3) is 3.56. The quantitative estimate of drug-likeness (QED) is 0.860. The summed E-state index contributed by atoms with van der Waals surface area (Å²) in [7, 11) is 1.41. The second-order valence-electron chi connectivity index (χ2n) is 5.28. The molecule has 0 radical (unpaired) electrons. The number of rotatable bonds is 3. The Bertz CT molecular complexity index is 476. The zero-order chi connectivity index (χ0) is 14.5. The summed E-state index contributed by atoms with van der Waals surface area (Å²) >= 11 is 0. The Morgan fingerprint density at radius 1 is 1.20 bits per heavy atom. The summed E-state index contributed by atoms with van der Waals surface area (Å²) in [5.74, 6) is 0.310. The first-order chi connectivity index (χ1) is 9.60. The van der Waals surface area contributed by atoms with Gasteiger partial charge < -0.3 is 10.1 Å². The summed E-state index contributed by atoms with van der Waals surface area (Å²) in [6, 6.07) is 3.71. The van der Waals surface area contributed by atoms with Gasteiger partial charge in [0.15, 0.2) is 0 Å². The van der Waals surface area contributed by atoms with Crippen molar-refractivity contribution >= 4 is 17.7 Å². The lowest BCUT2D eigenvalue weighted by molar-refractivity contribution is -0.147. The first-order valence-corrected chi connectivity index (χ1v) is 6.91. The van der Waals surface area contributed by atoms with Crippen molar-refractivity contribution in [3.05, 3.63) is 23.9 Å². The van der Waals surface area contributed by atoms with Crippen molar-refractivity contribution in [2.24, 2.45) is 11.8 Å². The molecule has 0 spiro atoms. The molecule has 0 atom stereocenters. The Hall–Kier alpha value is -1.91. The molecular formula is C15H20N2O3. The number of esters is 1. The van der Waals surface area contributed by atoms with E-state index in [2.05, 4.69) is 10.3 Å². The van der Waals surface area contributed by atoms with Crippen LogP contribution in [0.5, 0.6) is 0 Å². The number of hydrogen-bond donors (Lipinski definition) is 1. The maximum Gasteiger partial charge on any atom is 0.308 e. The van der Waals surface area contributed by atoms with Gasteiger partial charge in [-0.1, -0.05) is 6.07 Å². The highest BCUT2D eigenvalue weighted by molar-refractivity contribution is 5.91. The average molecular weight is 276 g/mol. The molecule has 1 N–H and O–H groups in total. The fourth-order valence-electron chi connectivity index (χ4n) is 2.53. The number of pyridine rings is 1. The Morgan fingerprint density at radius 2 is 1.85 bits per heavy atom. The van der Waals surface area contributed by atoms with E-state index in [4.69, 9.17) is 4.74 Å². The number of nitrogens with one attached hydrogen (secondary N) is 1. The van der Waals surface area contributed by atoms with Crippen LogP contribution in [0.3, 0.4) is 0 Å². The van der Waals surface area contributed by atoms with Gasteiger partial charge in [0, 0.05) is 12.1 Å². The molecule has 5 heteroatoms. The number of nitrogens with zero attached hydrogens (tertiary/aromatic N) is 1. The Balaban J connectivity index is 1.85. The van der Waals surface area contributed by atoms with Gasteiger partial charge in [-0.25, -0.2) is 4.98 Å². The van der Waals surface area contributed by atoms with Crippen molar-refractivity contribution in [1.29, 1.82) is 0 Å². The minimum absolute atomic E-state index is 0.00957. The van der Waals surface area contributed by atoms with Gasteiger partial charge >= 0.3 is 5.97 Å². The van der Waals surface area contributed by atoms with E-state index in [0.29, 0.717) is 18.7 Å². The summed E-state index contributed by atoms with van der Waals surface area (Å²) in [6.45, 7) is 1.95. The van der Waals surface area contributed by atoms with Crippen molar-refractivity contribution < 1.29 is 14.3 Å². The van der Waals surface area contributed by atoms with E-state index >= 15 is 0 Å². The van der Waals surface area contributed by atoms with Crippen LogP contribution in [-0.4, -0.2) is 24.0 Å². The standard InChI is InChI=1S/C15H20N2O3/c1-10-3-8-13(16-9-10)17-14(18)11-4-6-12(7-5-11)15(19)20-2/h3,8-9,11-12H,4-7H2,1-2H3,(H,16,17,18). The molecule has 1 aliphatic rings. The molecule has 1 aliphatic carbocycles. The van der Waals surface area contributed by atoms with E-state index in [-0.39, 0.29) is 23.7 Å². The molecule has 0 aromatic carbocycles. The van der Waals surface area contributed by atoms with E-state index in [0.717, 1.165) is 18.4 Å². The number of amides is 1. The molecule has 1 aromatic heterocycles. The second-order valence-corrected chi connectivity index (χ2v) is 5.28. The number of anilines is 1. The smallest absolute Gasteiger partial charge is 0.308 e. The first-order valence-electron chi connectivity index (χ1n) is 6.91. The molecule has 20 heavy (non-hydrogen) atoms. The molecule has 108 valence electrons. The Labute approximate surface area is 118 Å². The van der Waals surface area contributed by atoms with Gasteiger partial charge in [0.2, 0.25) is 5.91 Å². The van der Waals surface area contributed by atoms with Gasteiger partial charge in [-0.05, 0) is 44.2 Å². The number of hydrogen-bond acceptors (Lipinski definition) is 4. The number of methoxy groups -OCH3 is 1. The second kappa shape index (κ2) is 6.50. The lowest BCUT2D eigenvalue weighted by Crippen LogP contribution is -2.30. The summed E-state index contributed by atoms with van der Waals surface area (Å²) in [5, 5.41) is 2.83. The van der Waals surface area contributed by atoms with Gasteiger partial charge in [-0.2, -0.15) is 0 Å². The lowest BCUT2D eigenvalue weighted by Gasteiger charge is -2.25. The van der Waals surface area contributed by atoms with E-state index < -0.39 is 0 Å². The summed E-state index contributed by atoms with van der Waals surface area (Å²) in [6.07, 6.45) is 4.59. The van der Waals surface area contributed by atoms with Crippen LogP contribution in [0.15, 0.2) is 18.3 Å². The predicted octanol–water partition coefficient (Wildman–Crippen LogP) is 2.31. The lowest BCUT2D eigenvalue weighted by atomic mass is 9.81. The molecule has 0 saturated heterocycles. The highest BCUT2D eigenvalue weighted by atomic mass is 16.5. The van der Waals surface area contributed by atoms with Crippen molar-refractivity contribution in [3.63, 3.8) is 0 Å². The van der Waals surface area contributed by atoms with Gasteiger partial charge in [0.05, 0.1) is 13.0 Å². The number of ether oxygens (including phenoxy) is 1. The molecule has 1 amide bonds. The molecule has 0 unspecified atom stereocenters. The number of aryl methyl sites for hydroxylation is 1. The number of aromatic nitrogens is 1. The predicted molar refractivity (Wildman–Crippen MR) is 75.1 cm³/mol. The van der Waals surface area contributed by atoms with Crippen LogP contribution in [0.4, 0.5) is 5.82 Å². The van der Waals surface area contributed by atoms with Crippen LogP contribution >= 0.6 is 0 Å². The summed E-state index contributed by atoms with van der Waals surface area (Å²) in [5.41, 5.74) is 1.06. The first kappa shape index (κ1) is 14.5. The van der Waals surface area contributed by atoms with Gasteiger partial charge in [-0.15, -0.1) is 0 Å². The van der Waals surface area contributed by atoms with Crippen molar-refractivity contribution in [3.8, 4) is 0 Å². The molecule has 1 fully saturated rings. The van der Waals surface area contributed by atoms with Crippen LogP contribution < -0.4 is 5.32 Å². The van der Waals surface area contributed by atoms with E-state index in [1.54, 1.807) is 12.3 Å². The normalized spacial score (nSPS) is 22.1. The summed E-state index contributed by atoms with van der Waals surface area (Å²) in [4.78, 5) is 27.7. The Kier molecular flexibility index (Phi) is 4.71. The third-order valence-electron chi connectivity index (χ3n) is 3.80. The van der Waals surface area contributed by atoms with Crippen LogP contribution in [0, 0.1) is 18.8 Å². The fourth-order valence-corrected chi connectivity index (χ4v) is 2.53. The zero-order valence-corrected chi connectivity index (χ0v) is 11.9. The molecule has 0 aliphatic heterocycles. The average Bonchev–Trinajstić information content (AvgIpc) is 2.49. The molecule has 1 saturated carbocycles. The van der Waals surface area contributed by atoms with Crippen molar-refractivity contribution in [1.82, 2.24) is 4.98 Å². The zero-order valence-electron chi connectivity index (χ0n) is 11.9. The topological polar surface area (TPSA) is 68.3 Å². The van der Waals surface area contributed by atoms with Gasteiger partial charge in [0.1, 0.15) is 5.82 Å². The van der Waals surface area contributed by atoms with E-state index in [9.17, 15) is 9.59 Å². The van der Waals surface area contributed by atoms with E-state index in [1.165, 1.54) is 7.11 Å². The van der Waals surface area contributed by atoms with E-state index in [1.807, 2.05) is 13.0 Å². The largest absolute Gasteiger partial charge is 0.469 e. The molecule has 0 bridgehead atoms. The fraction of sp³-hybridized carbons (Fsp3) is 0.533. The van der Waals surface area contributed by atoms with Gasteiger partial charge in [0.25, 0.3) is 0 Å². The highest BCUT2D eigenvalue weighted by Gasteiger charge is 2.30. The Morgan fingerprint density at radius 3 is 2.40 bits per heavy atom. The molecule has 2 rings (SSSR count). The number of carbonyl (C=O) groups excluding carboxylic acids is 2. The number of carbonyl (C=O) groups is 2. The summed E-state index contributed by atoms with van der Waals surface area (Å²) < 4.78 is 4.74.